The second kappa shape index (κ2) is 8.31. The van der Waals surface area contributed by atoms with Gasteiger partial charge in [-0.3, -0.25) is 4.79 Å². The van der Waals surface area contributed by atoms with Crippen molar-refractivity contribution >= 4 is 23.2 Å². The number of benzene rings is 2. The fourth-order valence-electron chi connectivity index (χ4n) is 2.80. The summed E-state index contributed by atoms with van der Waals surface area (Å²) in [5.41, 5.74) is 11.3. The van der Waals surface area contributed by atoms with Gasteiger partial charge in [0.05, 0.1) is 12.8 Å². The SMILES string of the molecule is COc1ccc(/C(C)=N\NC(=O)C2CC(c3ccccc3Cl)NN2)cc1. The molecule has 1 aliphatic rings. The fraction of sp³-hybridized carbons (Fsp3) is 0.263. The molecule has 26 heavy (non-hydrogen) atoms. The highest BCUT2D eigenvalue weighted by Gasteiger charge is 2.31. The monoisotopic (exact) mass is 372 g/mol. The molecule has 0 spiro atoms. The summed E-state index contributed by atoms with van der Waals surface area (Å²) < 4.78 is 5.14. The third-order valence-corrected chi connectivity index (χ3v) is 4.69. The number of carbonyl (C=O) groups excluding carboxylic acids is 1. The predicted molar refractivity (Wildman–Crippen MR) is 102 cm³/mol. The number of ether oxygens (including phenoxy) is 1. The van der Waals surface area contributed by atoms with Crippen LogP contribution in [0.3, 0.4) is 0 Å². The highest BCUT2D eigenvalue weighted by Crippen LogP contribution is 2.28. The van der Waals surface area contributed by atoms with Crippen LogP contribution in [0, 0.1) is 0 Å². The van der Waals surface area contributed by atoms with E-state index in [1.807, 2.05) is 55.5 Å². The molecule has 3 rings (SSSR count). The first-order valence-corrected chi connectivity index (χ1v) is 8.70. The van der Waals surface area contributed by atoms with Crippen LogP contribution in [0.4, 0.5) is 0 Å². The number of hydrogen-bond donors (Lipinski definition) is 3. The second-order valence-electron chi connectivity index (χ2n) is 6.05. The van der Waals surface area contributed by atoms with Gasteiger partial charge in [-0.05, 0) is 54.8 Å². The van der Waals surface area contributed by atoms with Gasteiger partial charge in [0.1, 0.15) is 11.8 Å². The summed E-state index contributed by atoms with van der Waals surface area (Å²) in [5.74, 6) is 0.581. The fourth-order valence-corrected chi connectivity index (χ4v) is 3.07. The number of halogens is 1. The Balaban J connectivity index is 1.59. The maximum Gasteiger partial charge on any atom is 0.258 e. The van der Waals surface area contributed by atoms with Crippen molar-refractivity contribution in [3.05, 3.63) is 64.7 Å². The maximum absolute atomic E-state index is 12.4. The topological polar surface area (TPSA) is 74.8 Å². The number of nitrogens with one attached hydrogen (secondary N) is 3. The van der Waals surface area contributed by atoms with Gasteiger partial charge in [-0.25, -0.2) is 16.3 Å². The first kappa shape index (κ1) is 18.4. The molecule has 1 saturated heterocycles. The molecule has 2 aromatic rings. The van der Waals surface area contributed by atoms with Crippen LogP contribution in [0.5, 0.6) is 5.75 Å². The van der Waals surface area contributed by atoms with Gasteiger partial charge in [-0.2, -0.15) is 5.10 Å². The lowest BCUT2D eigenvalue weighted by molar-refractivity contribution is -0.122. The van der Waals surface area contributed by atoms with Gasteiger partial charge in [0, 0.05) is 11.1 Å². The minimum Gasteiger partial charge on any atom is -0.497 e. The van der Waals surface area contributed by atoms with E-state index in [1.165, 1.54) is 0 Å². The minimum atomic E-state index is -0.385. The Morgan fingerprint density at radius 1 is 1.19 bits per heavy atom. The number of nitrogens with zero attached hydrogens (tertiary/aromatic N) is 1. The van der Waals surface area contributed by atoms with Crippen LogP contribution >= 0.6 is 11.6 Å². The Morgan fingerprint density at radius 2 is 1.92 bits per heavy atom. The van der Waals surface area contributed by atoms with E-state index in [4.69, 9.17) is 16.3 Å². The molecular formula is C19H21ClN4O2. The van der Waals surface area contributed by atoms with Crippen LogP contribution in [0.2, 0.25) is 5.02 Å². The molecule has 1 heterocycles. The Morgan fingerprint density at radius 3 is 2.62 bits per heavy atom. The summed E-state index contributed by atoms with van der Waals surface area (Å²) in [5, 5.41) is 4.87. The molecule has 6 nitrogen and oxygen atoms in total. The van der Waals surface area contributed by atoms with Crippen LogP contribution in [0.25, 0.3) is 0 Å². The summed E-state index contributed by atoms with van der Waals surface area (Å²) in [6, 6.07) is 14.7. The summed E-state index contributed by atoms with van der Waals surface area (Å²) in [6.45, 7) is 1.84. The molecule has 2 atom stereocenters. The van der Waals surface area contributed by atoms with Crippen LogP contribution in [0.1, 0.15) is 30.5 Å². The number of methoxy groups -OCH3 is 1. The minimum absolute atomic E-state index is 0.0221. The van der Waals surface area contributed by atoms with E-state index in [9.17, 15) is 4.79 Å². The van der Waals surface area contributed by atoms with E-state index in [0.717, 1.165) is 22.6 Å². The van der Waals surface area contributed by atoms with E-state index in [1.54, 1.807) is 7.11 Å². The van der Waals surface area contributed by atoms with Gasteiger partial charge in [0.2, 0.25) is 0 Å². The zero-order valence-electron chi connectivity index (χ0n) is 14.6. The summed E-state index contributed by atoms with van der Waals surface area (Å²) in [7, 11) is 1.62. The Kier molecular flexibility index (Phi) is 5.88. The summed E-state index contributed by atoms with van der Waals surface area (Å²) in [6.07, 6.45) is 0.590. The molecule has 136 valence electrons. The van der Waals surface area contributed by atoms with Gasteiger partial charge < -0.3 is 4.74 Å². The molecule has 1 aliphatic heterocycles. The molecule has 2 aromatic carbocycles. The maximum atomic E-state index is 12.4. The summed E-state index contributed by atoms with van der Waals surface area (Å²) >= 11 is 6.22. The second-order valence-corrected chi connectivity index (χ2v) is 6.46. The quantitative estimate of drug-likeness (QED) is 0.557. The van der Waals surface area contributed by atoms with Crippen LogP contribution in [-0.2, 0) is 4.79 Å². The molecule has 3 N–H and O–H groups in total. The number of hydrogen-bond acceptors (Lipinski definition) is 5. The van der Waals surface area contributed by atoms with E-state index >= 15 is 0 Å². The molecule has 0 aliphatic carbocycles. The highest BCUT2D eigenvalue weighted by atomic mass is 35.5. The van der Waals surface area contributed by atoms with Crippen molar-refractivity contribution in [1.29, 1.82) is 0 Å². The average molecular weight is 373 g/mol. The molecule has 1 fully saturated rings. The van der Waals surface area contributed by atoms with E-state index < -0.39 is 0 Å². The average Bonchev–Trinajstić information content (AvgIpc) is 3.16. The normalized spacial score (nSPS) is 20.0. The van der Waals surface area contributed by atoms with Crippen molar-refractivity contribution in [3.63, 3.8) is 0 Å². The third-order valence-electron chi connectivity index (χ3n) is 4.34. The van der Waals surface area contributed by atoms with Crippen molar-refractivity contribution in [2.24, 2.45) is 5.10 Å². The Labute approximate surface area is 157 Å². The smallest absolute Gasteiger partial charge is 0.258 e. The van der Waals surface area contributed by atoms with Crippen LogP contribution in [-0.4, -0.2) is 24.8 Å². The number of amides is 1. The van der Waals surface area contributed by atoms with Crippen molar-refractivity contribution in [1.82, 2.24) is 16.3 Å². The standard InChI is InChI=1S/C19H21ClN4O2/c1-12(13-7-9-14(26-2)10-8-13)21-24-19(25)18-11-17(22-23-18)15-5-3-4-6-16(15)20/h3-10,17-18,22-23H,11H2,1-2H3,(H,24,25)/b21-12-. The van der Waals surface area contributed by atoms with E-state index in [2.05, 4.69) is 21.4 Å². The number of carbonyl (C=O) groups is 1. The molecule has 2 unspecified atom stereocenters. The first-order chi connectivity index (χ1) is 12.6. The van der Waals surface area contributed by atoms with Gasteiger partial charge in [0.15, 0.2) is 0 Å². The van der Waals surface area contributed by atoms with Crippen molar-refractivity contribution in [2.45, 2.75) is 25.4 Å². The Hall–Kier alpha value is -2.41. The zero-order chi connectivity index (χ0) is 18.5. The molecule has 0 bridgehead atoms. The zero-order valence-corrected chi connectivity index (χ0v) is 15.4. The van der Waals surface area contributed by atoms with Gasteiger partial charge in [0.25, 0.3) is 5.91 Å². The number of rotatable bonds is 5. The van der Waals surface area contributed by atoms with Crippen molar-refractivity contribution in [3.8, 4) is 5.75 Å². The van der Waals surface area contributed by atoms with Crippen LogP contribution in [0.15, 0.2) is 53.6 Å². The number of hydrazone groups is 1. The van der Waals surface area contributed by atoms with Gasteiger partial charge in [-0.15, -0.1) is 0 Å². The predicted octanol–water partition coefficient (Wildman–Crippen LogP) is 2.80. The van der Waals surface area contributed by atoms with Crippen molar-refractivity contribution < 1.29 is 9.53 Å². The Bertz CT molecular complexity index is 807. The highest BCUT2D eigenvalue weighted by molar-refractivity contribution is 6.31. The van der Waals surface area contributed by atoms with E-state index in [-0.39, 0.29) is 18.0 Å². The first-order valence-electron chi connectivity index (χ1n) is 8.32. The molecule has 7 heteroatoms. The lowest BCUT2D eigenvalue weighted by Gasteiger charge is -2.11. The van der Waals surface area contributed by atoms with Gasteiger partial charge in [-0.1, -0.05) is 29.8 Å². The largest absolute Gasteiger partial charge is 0.497 e. The lowest BCUT2D eigenvalue weighted by Crippen LogP contribution is -2.41. The molecule has 1 amide bonds. The molecule has 0 aromatic heterocycles. The van der Waals surface area contributed by atoms with Gasteiger partial charge >= 0.3 is 0 Å². The molecule has 0 saturated carbocycles. The third kappa shape index (κ3) is 4.22. The molecular weight excluding hydrogens is 352 g/mol. The number of hydrazine groups is 1. The summed E-state index contributed by atoms with van der Waals surface area (Å²) in [4.78, 5) is 12.4. The molecule has 0 radical (unpaired) electrons. The van der Waals surface area contributed by atoms with Crippen molar-refractivity contribution in [2.75, 3.05) is 7.11 Å². The lowest BCUT2D eigenvalue weighted by atomic mass is 10.0. The van der Waals surface area contributed by atoms with E-state index in [0.29, 0.717) is 11.4 Å². The van der Waals surface area contributed by atoms with Crippen LogP contribution < -0.4 is 21.0 Å².